The van der Waals surface area contributed by atoms with Crippen molar-refractivity contribution in [2.75, 3.05) is 6.54 Å². The average molecular weight is 578 g/mol. The number of H-pyrrole nitrogens is 1. The van der Waals surface area contributed by atoms with Crippen LogP contribution in [0.15, 0.2) is 54.7 Å². The summed E-state index contributed by atoms with van der Waals surface area (Å²) in [5.74, 6) is -2.87. The number of nitrogens with one attached hydrogen (secondary N) is 3. The summed E-state index contributed by atoms with van der Waals surface area (Å²) in [5.41, 5.74) is 8.77. The molecule has 3 aromatic rings. The first-order valence-electron chi connectivity index (χ1n) is 14.3. The Morgan fingerprint density at radius 1 is 1.05 bits per heavy atom. The van der Waals surface area contributed by atoms with Crippen LogP contribution in [0.2, 0.25) is 0 Å². The Bertz CT molecular complexity index is 1420. The third-order valence-electron chi connectivity index (χ3n) is 8.06. The fraction of sp³-hybridized carbons (Fsp3) is 0.419. The molecule has 2 heterocycles. The maximum atomic E-state index is 13.7. The number of carbonyl (C=O) groups excluding carboxylic acids is 3. The summed E-state index contributed by atoms with van der Waals surface area (Å²) < 4.78 is 0. The summed E-state index contributed by atoms with van der Waals surface area (Å²) in [5, 5.41) is 25.9. The van der Waals surface area contributed by atoms with Crippen LogP contribution in [0.5, 0.6) is 5.75 Å². The lowest BCUT2D eigenvalue weighted by atomic mass is 9.96. The number of carboxylic acids is 1. The van der Waals surface area contributed by atoms with Crippen molar-refractivity contribution in [3.05, 3.63) is 65.9 Å². The minimum absolute atomic E-state index is 0.0552. The number of benzene rings is 2. The van der Waals surface area contributed by atoms with Crippen LogP contribution in [0, 0.1) is 5.92 Å². The van der Waals surface area contributed by atoms with E-state index in [4.69, 9.17) is 5.73 Å². The molecule has 2 aromatic carbocycles. The van der Waals surface area contributed by atoms with Crippen molar-refractivity contribution in [1.29, 1.82) is 0 Å². The van der Waals surface area contributed by atoms with Crippen molar-refractivity contribution < 1.29 is 29.4 Å². The average Bonchev–Trinajstić information content (AvgIpc) is 3.63. The highest BCUT2D eigenvalue weighted by molar-refractivity contribution is 5.95. The molecule has 0 radical (unpaired) electrons. The molecule has 5 atom stereocenters. The van der Waals surface area contributed by atoms with E-state index < -0.39 is 47.9 Å². The van der Waals surface area contributed by atoms with Crippen LogP contribution in [-0.4, -0.2) is 74.5 Å². The van der Waals surface area contributed by atoms with E-state index in [2.05, 4.69) is 15.6 Å². The largest absolute Gasteiger partial charge is 0.508 e. The molecule has 0 spiro atoms. The molecule has 7 N–H and O–H groups in total. The summed E-state index contributed by atoms with van der Waals surface area (Å²) in [7, 11) is 0. The van der Waals surface area contributed by atoms with Gasteiger partial charge >= 0.3 is 5.97 Å². The zero-order valence-electron chi connectivity index (χ0n) is 23.9. The van der Waals surface area contributed by atoms with Crippen molar-refractivity contribution >= 4 is 34.6 Å². The molecule has 0 aliphatic carbocycles. The van der Waals surface area contributed by atoms with E-state index in [9.17, 15) is 29.4 Å². The van der Waals surface area contributed by atoms with Crippen molar-refractivity contribution in [2.24, 2.45) is 11.7 Å². The zero-order chi connectivity index (χ0) is 30.4. The Kier molecular flexibility index (Phi) is 9.84. The lowest BCUT2D eigenvalue weighted by Crippen LogP contribution is -2.59. The van der Waals surface area contributed by atoms with Crippen molar-refractivity contribution in [3.8, 4) is 5.75 Å². The number of hydrogen-bond acceptors (Lipinski definition) is 6. The van der Waals surface area contributed by atoms with Gasteiger partial charge in [-0.05, 0) is 54.5 Å². The molecule has 42 heavy (non-hydrogen) atoms. The number of phenols is 1. The summed E-state index contributed by atoms with van der Waals surface area (Å²) in [6, 6.07) is 10.00. The lowest BCUT2D eigenvalue weighted by molar-refractivity contribution is -0.149. The third kappa shape index (κ3) is 7.09. The summed E-state index contributed by atoms with van der Waals surface area (Å²) >= 11 is 0. The van der Waals surface area contributed by atoms with Gasteiger partial charge in [0.1, 0.15) is 23.9 Å². The third-order valence-corrected chi connectivity index (χ3v) is 8.06. The van der Waals surface area contributed by atoms with Crippen molar-refractivity contribution in [1.82, 2.24) is 20.5 Å². The first-order chi connectivity index (χ1) is 20.1. The van der Waals surface area contributed by atoms with Gasteiger partial charge < -0.3 is 36.5 Å². The molecule has 1 saturated heterocycles. The first kappa shape index (κ1) is 30.6. The Hall–Kier alpha value is -4.38. The Balaban J connectivity index is 1.51. The van der Waals surface area contributed by atoms with Crippen LogP contribution in [0.3, 0.4) is 0 Å². The zero-order valence-corrected chi connectivity index (χ0v) is 23.9. The van der Waals surface area contributed by atoms with Gasteiger partial charge in [-0.15, -0.1) is 0 Å². The van der Waals surface area contributed by atoms with Gasteiger partial charge in [-0.25, -0.2) is 4.79 Å². The van der Waals surface area contributed by atoms with Crippen LogP contribution >= 0.6 is 0 Å². The predicted octanol–water partition coefficient (Wildman–Crippen LogP) is 2.08. The molecule has 11 nitrogen and oxygen atoms in total. The molecule has 11 heteroatoms. The molecular weight excluding hydrogens is 538 g/mol. The van der Waals surface area contributed by atoms with E-state index in [-0.39, 0.29) is 31.1 Å². The number of nitrogens with two attached hydrogens (primary N) is 1. The highest BCUT2D eigenvalue weighted by atomic mass is 16.4. The van der Waals surface area contributed by atoms with Gasteiger partial charge in [0, 0.05) is 30.1 Å². The van der Waals surface area contributed by atoms with Gasteiger partial charge in [0.05, 0.1) is 6.04 Å². The van der Waals surface area contributed by atoms with E-state index in [1.165, 1.54) is 17.0 Å². The van der Waals surface area contributed by atoms with E-state index in [1.54, 1.807) is 12.1 Å². The van der Waals surface area contributed by atoms with E-state index in [0.717, 1.165) is 16.5 Å². The molecule has 1 aliphatic heterocycles. The number of aliphatic carboxylic acids is 1. The number of likely N-dealkylation sites (tertiary alicyclic amines) is 1. The fourth-order valence-electron chi connectivity index (χ4n) is 5.41. The number of aromatic amines is 1. The molecule has 4 rings (SSSR count). The van der Waals surface area contributed by atoms with Crippen molar-refractivity contribution in [2.45, 2.75) is 70.1 Å². The highest BCUT2D eigenvalue weighted by Gasteiger charge is 2.39. The maximum Gasteiger partial charge on any atom is 0.326 e. The summed E-state index contributed by atoms with van der Waals surface area (Å²) in [6.45, 7) is 3.99. The summed E-state index contributed by atoms with van der Waals surface area (Å²) in [4.78, 5) is 56.8. The van der Waals surface area contributed by atoms with Gasteiger partial charge in [0.2, 0.25) is 17.7 Å². The molecule has 0 saturated carbocycles. The Labute approximate surface area is 244 Å². The van der Waals surface area contributed by atoms with Crippen LogP contribution in [0.25, 0.3) is 10.9 Å². The normalized spacial score (nSPS) is 17.8. The van der Waals surface area contributed by atoms with E-state index in [0.29, 0.717) is 24.8 Å². The monoisotopic (exact) mass is 577 g/mol. The second kappa shape index (κ2) is 13.5. The van der Waals surface area contributed by atoms with E-state index in [1.807, 2.05) is 44.3 Å². The first-order valence-corrected chi connectivity index (χ1v) is 14.3. The number of nitrogens with zero attached hydrogens (tertiary/aromatic N) is 1. The van der Waals surface area contributed by atoms with Gasteiger partial charge in [-0.1, -0.05) is 50.6 Å². The molecule has 3 amide bonds. The number of amides is 3. The number of carboxylic acid groups (broad SMARTS) is 1. The number of fused-ring (bicyclic) bond motifs is 1. The SMILES string of the molecule is CCC(C)C(NC(=O)C(N)Cc1c[nH]c2ccccc12)C(=O)NC(Cc1ccc(O)cc1)C(=O)N1CCCC1C(=O)O. The minimum Gasteiger partial charge on any atom is -0.508 e. The molecule has 0 bridgehead atoms. The van der Waals surface area contributed by atoms with Crippen LogP contribution in [0.4, 0.5) is 0 Å². The van der Waals surface area contributed by atoms with Crippen LogP contribution in [-0.2, 0) is 32.0 Å². The number of aromatic nitrogens is 1. The molecule has 224 valence electrons. The quantitative estimate of drug-likeness (QED) is 0.191. The van der Waals surface area contributed by atoms with Gasteiger partial charge in [-0.2, -0.15) is 0 Å². The number of phenolic OH excluding ortho intramolecular Hbond substituents is 1. The predicted molar refractivity (Wildman–Crippen MR) is 157 cm³/mol. The number of para-hydroxylation sites is 1. The minimum atomic E-state index is -1.09. The van der Waals surface area contributed by atoms with E-state index >= 15 is 0 Å². The number of hydrogen-bond donors (Lipinski definition) is 6. The Morgan fingerprint density at radius 2 is 1.76 bits per heavy atom. The highest BCUT2D eigenvalue weighted by Crippen LogP contribution is 2.22. The molecular formula is C31H39N5O6. The van der Waals surface area contributed by atoms with Crippen molar-refractivity contribution in [3.63, 3.8) is 0 Å². The van der Waals surface area contributed by atoms with Gasteiger partial charge in [0.15, 0.2) is 0 Å². The topological polar surface area (TPSA) is 178 Å². The fourth-order valence-corrected chi connectivity index (χ4v) is 5.41. The van der Waals surface area contributed by atoms with Gasteiger partial charge in [0.25, 0.3) is 0 Å². The second-order valence-corrected chi connectivity index (χ2v) is 11.0. The maximum absolute atomic E-state index is 13.7. The number of aromatic hydroxyl groups is 1. The lowest BCUT2D eigenvalue weighted by Gasteiger charge is -2.30. The smallest absolute Gasteiger partial charge is 0.326 e. The Morgan fingerprint density at radius 3 is 2.45 bits per heavy atom. The van der Waals surface area contributed by atoms with Gasteiger partial charge in [-0.3, -0.25) is 14.4 Å². The molecule has 1 aliphatic rings. The summed E-state index contributed by atoms with van der Waals surface area (Å²) in [6.07, 6.45) is 3.61. The number of rotatable bonds is 12. The second-order valence-electron chi connectivity index (χ2n) is 11.0. The molecule has 1 aromatic heterocycles. The number of carbonyl (C=O) groups is 4. The molecule has 5 unspecified atom stereocenters. The van der Waals surface area contributed by atoms with Crippen LogP contribution < -0.4 is 16.4 Å². The van der Waals surface area contributed by atoms with Crippen LogP contribution in [0.1, 0.15) is 44.2 Å². The standard InChI is InChI=1S/C31H39N5O6/c1-3-18(2)27(35-28(38)23(32)16-20-17-33-24-8-5-4-7-22(20)24)29(39)34-25(15-19-10-12-21(37)13-11-19)30(40)36-14-6-9-26(36)31(41)42/h4-5,7-8,10-13,17-18,23,25-27,33,37H,3,6,9,14-16,32H2,1-2H3,(H,34,39)(H,35,38)(H,41,42). The molecule has 1 fully saturated rings.